The Hall–Kier alpha value is -3.11. The Morgan fingerprint density at radius 3 is 2.31 bits per heavy atom. The number of amides is 2. The lowest BCUT2D eigenvalue weighted by atomic mass is 9.81. The van der Waals surface area contributed by atoms with Crippen molar-refractivity contribution < 1.29 is 27.5 Å². The zero-order valence-corrected chi connectivity index (χ0v) is 21.4. The molecule has 0 spiro atoms. The molecule has 1 aliphatic carbocycles. The fourth-order valence-corrected chi connectivity index (χ4v) is 5.72. The maximum Gasteiger partial charge on any atom is 0.240 e. The molecule has 1 atom stereocenters. The molecule has 3 N–H and O–H groups in total. The maximum absolute atomic E-state index is 12.9. The highest BCUT2D eigenvalue weighted by molar-refractivity contribution is 7.89. The first-order chi connectivity index (χ1) is 17.2. The van der Waals surface area contributed by atoms with Gasteiger partial charge in [0.05, 0.1) is 10.9 Å². The lowest BCUT2D eigenvalue weighted by molar-refractivity contribution is -0.126. The SMILES string of the molecule is CC(=O)Nc1ccc(S(=O)(=O)NCC2CCC(C(=O)N[C@H](C)c3ccc4c(c3)OCCO4)CC2)cc1. The molecule has 36 heavy (non-hydrogen) atoms. The van der Waals surface area contributed by atoms with Crippen LogP contribution in [-0.2, 0) is 19.6 Å². The van der Waals surface area contributed by atoms with Gasteiger partial charge in [-0.3, -0.25) is 9.59 Å². The molecule has 2 aromatic carbocycles. The van der Waals surface area contributed by atoms with E-state index in [9.17, 15) is 18.0 Å². The smallest absolute Gasteiger partial charge is 0.240 e. The molecule has 4 rings (SSSR count). The number of hydrogen-bond acceptors (Lipinski definition) is 6. The van der Waals surface area contributed by atoms with Crippen molar-refractivity contribution in [3.63, 3.8) is 0 Å². The van der Waals surface area contributed by atoms with Crippen molar-refractivity contribution in [1.29, 1.82) is 0 Å². The minimum absolute atomic E-state index is 0.0238. The monoisotopic (exact) mass is 515 g/mol. The van der Waals surface area contributed by atoms with E-state index in [0.717, 1.165) is 37.0 Å². The molecular formula is C26H33N3O6S. The predicted molar refractivity (Wildman–Crippen MR) is 135 cm³/mol. The number of sulfonamides is 1. The third kappa shape index (κ3) is 6.55. The Morgan fingerprint density at radius 1 is 0.972 bits per heavy atom. The molecule has 2 aromatic rings. The first-order valence-corrected chi connectivity index (χ1v) is 13.8. The molecule has 1 aliphatic heterocycles. The lowest BCUT2D eigenvalue weighted by Gasteiger charge is -2.29. The zero-order valence-electron chi connectivity index (χ0n) is 20.6. The van der Waals surface area contributed by atoms with E-state index in [1.165, 1.54) is 19.1 Å². The molecule has 194 valence electrons. The molecule has 0 saturated heterocycles. The number of anilines is 1. The van der Waals surface area contributed by atoms with Crippen LogP contribution in [0.5, 0.6) is 11.5 Å². The van der Waals surface area contributed by atoms with Gasteiger partial charge in [-0.15, -0.1) is 0 Å². The second kappa shape index (κ2) is 11.3. The van der Waals surface area contributed by atoms with Crippen LogP contribution in [0, 0.1) is 11.8 Å². The summed E-state index contributed by atoms with van der Waals surface area (Å²) in [6.07, 6.45) is 3.00. The Morgan fingerprint density at radius 2 is 1.64 bits per heavy atom. The van der Waals surface area contributed by atoms with Gasteiger partial charge in [0.15, 0.2) is 11.5 Å². The van der Waals surface area contributed by atoms with Crippen molar-refractivity contribution >= 4 is 27.5 Å². The van der Waals surface area contributed by atoms with Crippen molar-refractivity contribution in [1.82, 2.24) is 10.0 Å². The molecule has 1 fully saturated rings. The Balaban J connectivity index is 1.23. The Labute approximate surface area is 212 Å². The second-order valence-corrected chi connectivity index (χ2v) is 11.2. The van der Waals surface area contributed by atoms with Gasteiger partial charge >= 0.3 is 0 Å². The number of nitrogens with one attached hydrogen (secondary N) is 3. The van der Waals surface area contributed by atoms with Crippen LogP contribution >= 0.6 is 0 Å². The summed E-state index contributed by atoms with van der Waals surface area (Å²) in [6.45, 7) is 4.73. The van der Waals surface area contributed by atoms with E-state index in [2.05, 4.69) is 15.4 Å². The summed E-state index contributed by atoms with van der Waals surface area (Å²) >= 11 is 0. The number of hydrogen-bond donors (Lipinski definition) is 3. The molecule has 2 amide bonds. The van der Waals surface area contributed by atoms with Crippen LogP contribution in [0.3, 0.4) is 0 Å². The van der Waals surface area contributed by atoms with Crippen LogP contribution in [0.15, 0.2) is 47.4 Å². The summed E-state index contributed by atoms with van der Waals surface area (Å²) in [4.78, 5) is 24.1. The fourth-order valence-electron chi connectivity index (χ4n) is 4.60. The van der Waals surface area contributed by atoms with Crippen molar-refractivity contribution in [2.24, 2.45) is 11.8 Å². The van der Waals surface area contributed by atoms with E-state index >= 15 is 0 Å². The average molecular weight is 516 g/mol. The summed E-state index contributed by atoms with van der Waals surface area (Å²) in [5, 5.41) is 5.72. The number of ether oxygens (including phenoxy) is 2. The second-order valence-electron chi connectivity index (χ2n) is 9.41. The quantitative estimate of drug-likeness (QED) is 0.495. The summed E-state index contributed by atoms with van der Waals surface area (Å²) in [5.74, 6) is 1.32. The molecule has 0 unspecified atom stereocenters. The van der Waals surface area contributed by atoms with Gasteiger partial charge in [0, 0.05) is 25.1 Å². The van der Waals surface area contributed by atoms with E-state index in [-0.39, 0.29) is 34.6 Å². The predicted octanol–water partition coefficient (Wildman–Crippen LogP) is 3.38. The summed E-state index contributed by atoms with van der Waals surface area (Å²) in [6, 6.07) is 11.6. The van der Waals surface area contributed by atoms with Gasteiger partial charge in [-0.2, -0.15) is 0 Å². The van der Waals surface area contributed by atoms with Gasteiger partial charge in [-0.25, -0.2) is 13.1 Å². The zero-order chi connectivity index (χ0) is 25.7. The van der Waals surface area contributed by atoms with E-state index in [4.69, 9.17) is 9.47 Å². The Bertz CT molecular complexity index is 1190. The van der Waals surface area contributed by atoms with Gasteiger partial charge < -0.3 is 20.1 Å². The van der Waals surface area contributed by atoms with Crippen LogP contribution in [0.4, 0.5) is 5.69 Å². The van der Waals surface area contributed by atoms with Crippen LogP contribution in [0.25, 0.3) is 0 Å². The van der Waals surface area contributed by atoms with Gasteiger partial charge in [-0.05, 0) is 80.5 Å². The first-order valence-electron chi connectivity index (χ1n) is 12.3. The van der Waals surface area contributed by atoms with Crippen molar-refractivity contribution in [2.45, 2.75) is 50.5 Å². The maximum atomic E-state index is 12.9. The van der Waals surface area contributed by atoms with Gasteiger partial charge in [0.2, 0.25) is 21.8 Å². The van der Waals surface area contributed by atoms with Gasteiger partial charge in [-0.1, -0.05) is 6.07 Å². The number of fused-ring (bicyclic) bond motifs is 1. The molecule has 9 nitrogen and oxygen atoms in total. The average Bonchev–Trinajstić information content (AvgIpc) is 2.87. The summed E-state index contributed by atoms with van der Waals surface area (Å²) in [5.41, 5.74) is 1.50. The van der Waals surface area contributed by atoms with E-state index in [1.54, 1.807) is 12.1 Å². The van der Waals surface area contributed by atoms with Crippen molar-refractivity contribution in [3.8, 4) is 11.5 Å². The number of carbonyl (C=O) groups is 2. The molecule has 2 aliphatic rings. The molecular weight excluding hydrogens is 482 g/mol. The van der Waals surface area contributed by atoms with E-state index in [0.29, 0.717) is 31.2 Å². The fraction of sp³-hybridized carbons (Fsp3) is 0.462. The summed E-state index contributed by atoms with van der Waals surface area (Å²) in [7, 11) is -3.65. The third-order valence-electron chi connectivity index (χ3n) is 6.69. The minimum Gasteiger partial charge on any atom is -0.486 e. The van der Waals surface area contributed by atoms with E-state index in [1.807, 2.05) is 25.1 Å². The minimum atomic E-state index is -3.65. The lowest BCUT2D eigenvalue weighted by Crippen LogP contribution is -2.37. The van der Waals surface area contributed by atoms with E-state index < -0.39 is 10.0 Å². The van der Waals surface area contributed by atoms with Gasteiger partial charge in [0.1, 0.15) is 13.2 Å². The van der Waals surface area contributed by atoms with Gasteiger partial charge in [0.25, 0.3) is 0 Å². The number of carbonyl (C=O) groups excluding carboxylic acids is 2. The normalized spacial score (nSPS) is 20.3. The Kier molecular flexibility index (Phi) is 8.15. The molecule has 1 heterocycles. The molecule has 0 bridgehead atoms. The van der Waals surface area contributed by atoms with Crippen LogP contribution in [-0.4, -0.2) is 40.0 Å². The molecule has 0 aromatic heterocycles. The van der Waals surface area contributed by atoms with Crippen molar-refractivity contribution in [3.05, 3.63) is 48.0 Å². The van der Waals surface area contributed by atoms with Crippen LogP contribution in [0.1, 0.15) is 51.1 Å². The highest BCUT2D eigenvalue weighted by Crippen LogP contribution is 2.33. The molecule has 10 heteroatoms. The molecule has 0 radical (unpaired) electrons. The van der Waals surface area contributed by atoms with Crippen molar-refractivity contribution in [2.75, 3.05) is 25.1 Å². The largest absolute Gasteiger partial charge is 0.486 e. The standard InChI is InChI=1S/C26H33N3O6S/c1-17(21-7-12-24-25(15-21)35-14-13-34-24)28-26(31)20-5-3-19(4-6-20)16-27-36(32,33)23-10-8-22(9-11-23)29-18(2)30/h7-12,15,17,19-20,27H,3-6,13-14,16H2,1-2H3,(H,28,31)(H,29,30)/t17-,19?,20?/m1/s1. The third-order valence-corrected chi connectivity index (χ3v) is 8.13. The highest BCUT2D eigenvalue weighted by Gasteiger charge is 2.28. The first kappa shape index (κ1) is 26.0. The number of rotatable bonds is 8. The molecule has 1 saturated carbocycles. The van der Waals surface area contributed by atoms with Crippen LogP contribution < -0.4 is 24.8 Å². The highest BCUT2D eigenvalue weighted by atomic mass is 32.2. The number of benzene rings is 2. The van der Waals surface area contributed by atoms with Crippen LogP contribution in [0.2, 0.25) is 0 Å². The topological polar surface area (TPSA) is 123 Å². The summed E-state index contributed by atoms with van der Waals surface area (Å²) < 4.78 is 39.2.